The molecule has 0 aliphatic carbocycles. The van der Waals surface area contributed by atoms with Crippen LogP contribution in [0.1, 0.15) is 31.9 Å². The Labute approximate surface area is 131 Å². The van der Waals surface area contributed by atoms with E-state index in [2.05, 4.69) is 0 Å². The van der Waals surface area contributed by atoms with E-state index in [0.29, 0.717) is 0 Å². The van der Waals surface area contributed by atoms with Crippen molar-refractivity contribution in [1.82, 2.24) is 0 Å². The van der Waals surface area contributed by atoms with Crippen LogP contribution in [0.25, 0.3) is 0 Å². The zero-order valence-electron chi connectivity index (χ0n) is 13.5. The SMILES string of the molecule is COC(C)(c1ccccc1)C(C)(OC(C)=O)c1ccccc1. The normalized spacial score (nSPS) is 16.4. The lowest BCUT2D eigenvalue weighted by Crippen LogP contribution is -2.49. The molecule has 2 aromatic rings. The highest BCUT2D eigenvalue weighted by Crippen LogP contribution is 2.45. The largest absolute Gasteiger partial charge is 0.451 e. The first-order valence-corrected chi connectivity index (χ1v) is 7.30. The van der Waals surface area contributed by atoms with Gasteiger partial charge in [0, 0.05) is 14.0 Å². The molecular weight excluding hydrogens is 276 g/mol. The highest BCUT2D eigenvalue weighted by molar-refractivity contribution is 5.67. The molecule has 0 radical (unpaired) electrons. The summed E-state index contributed by atoms with van der Waals surface area (Å²) in [6.45, 7) is 5.25. The van der Waals surface area contributed by atoms with Crippen LogP contribution in [0, 0.1) is 0 Å². The Hall–Kier alpha value is -2.13. The van der Waals surface area contributed by atoms with Gasteiger partial charge in [-0.1, -0.05) is 60.7 Å². The fraction of sp³-hybridized carbons (Fsp3) is 0.316. The van der Waals surface area contributed by atoms with Crippen LogP contribution in [0.4, 0.5) is 0 Å². The third-order valence-corrected chi connectivity index (χ3v) is 4.32. The van der Waals surface area contributed by atoms with Gasteiger partial charge >= 0.3 is 5.97 Å². The van der Waals surface area contributed by atoms with Crippen LogP contribution < -0.4 is 0 Å². The molecule has 0 aliphatic rings. The molecule has 2 aromatic carbocycles. The van der Waals surface area contributed by atoms with Gasteiger partial charge in [-0.05, 0) is 25.0 Å². The monoisotopic (exact) mass is 298 g/mol. The van der Waals surface area contributed by atoms with Crippen molar-refractivity contribution < 1.29 is 14.3 Å². The van der Waals surface area contributed by atoms with Crippen molar-refractivity contribution in [2.45, 2.75) is 32.0 Å². The summed E-state index contributed by atoms with van der Waals surface area (Å²) >= 11 is 0. The summed E-state index contributed by atoms with van der Waals surface area (Å²) in [5.74, 6) is -0.342. The van der Waals surface area contributed by atoms with Crippen molar-refractivity contribution in [1.29, 1.82) is 0 Å². The Morgan fingerprint density at radius 1 is 0.818 bits per heavy atom. The number of carbonyl (C=O) groups excluding carboxylic acids is 1. The van der Waals surface area contributed by atoms with Crippen LogP contribution in [0.15, 0.2) is 60.7 Å². The molecule has 0 spiro atoms. The Bertz CT molecular complexity index is 624. The number of esters is 1. The molecule has 0 aromatic heterocycles. The Balaban J connectivity index is 2.63. The molecular formula is C19H22O3. The Morgan fingerprint density at radius 3 is 1.59 bits per heavy atom. The van der Waals surface area contributed by atoms with Gasteiger partial charge in [-0.2, -0.15) is 0 Å². The van der Waals surface area contributed by atoms with Gasteiger partial charge < -0.3 is 9.47 Å². The molecule has 0 saturated carbocycles. The van der Waals surface area contributed by atoms with E-state index in [4.69, 9.17) is 9.47 Å². The fourth-order valence-electron chi connectivity index (χ4n) is 2.82. The molecule has 0 fully saturated rings. The summed E-state index contributed by atoms with van der Waals surface area (Å²) in [5, 5.41) is 0. The fourth-order valence-corrected chi connectivity index (χ4v) is 2.82. The Morgan fingerprint density at radius 2 is 1.23 bits per heavy atom. The van der Waals surface area contributed by atoms with Crippen molar-refractivity contribution in [2.75, 3.05) is 7.11 Å². The van der Waals surface area contributed by atoms with Crippen LogP contribution in [0.5, 0.6) is 0 Å². The summed E-state index contributed by atoms with van der Waals surface area (Å²) < 4.78 is 11.6. The average Bonchev–Trinajstić information content (AvgIpc) is 2.55. The van der Waals surface area contributed by atoms with E-state index < -0.39 is 11.2 Å². The average molecular weight is 298 g/mol. The van der Waals surface area contributed by atoms with Crippen molar-refractivity contribution in [3.05, 3.63) is 71.8 Å². The van der Waals surface area contributed by atoms with Gasteiger partial charge in [-0.15, -0.1) is 0 Å². The predicted molar refractivity (Wildman–Crippen MR) is 86.4 cm³/mol. The maximum Gasteiger partial charge on any atom is 0.303 e. The van der Waals surface area contributed by atoms with E-state index in [1.807, 2.05) is 74.5 Å². The molecule has 2 unspecified atom stereocenters. The molecule has 0 N–H and O–H groups in total. The summed E-state index contributed by atoms with van der Waals surface area (Å²) in [7, 11) is 1.64. The molecule has 2 rings (SSSR count). The van der Waals surface area contributed by atoms with E-state index >= 15 is 0 Å². The van der Waals surface area contributed by atoms with Crippen molar-refractivity contribution in [2.24, 2.45) is 0 Å². The van der Waals surface area contributed by atoms with E-state index in [0.717, 1.165) is 11.1 Å². The van der Waals surface area contributed by atoms with Crippen molar-refractivity contribution in [3.8, 4) is 0 Å². The standard InChI is InChI=1S/C19H22O3/c1-15(20)22-19(3,17-13-9-6-10-14-17)18(2,21-4)16-11-7-5-8-12-16/h5-14H,1-4H3. The van der Waals surface area contributed by atoms with Crippen LogP contribution in [0.2, 0.25) is 0 Å². The first-order valence-electron chi connectivity index (χ1n) is 7.30. The van der Waals surface area contributed by atoms with E-state index in [9.17, 15) is 4.79 Å². The minimum Gasteiger partial charge on any atom is -0.451 e. The molecule has 0 bridgehead atoms. The smallest absolute Gasteiger partial charge is 0.303 e. The minimum absolute atomic E-state index is 0.342. The third kappa shape index (κ3) is 2.77. The van der Waals surface area contributed by atoms with Gasteiger partial charge in [0.2, 0.25) is 0 Å². The summed E-state index contributed by atoms with van der Waals surface area (Å²) in [6, 6.07) is 19.5. The van der Waals surface area contributed by atoms with Gasteiger partial charge in [0.15, 0.2) is 5.60 Å². The van der Waals surface area contributed by atoms with Gasteiger partial charge in [0.05, 0.1) is 0 Å². The highest BCUT2D eigenvalue weighted by atomic mass is 16.6. The lowest BCUT2D eigenvalue weighted by Gasteiger charge is -2.45. The molecule has 3 nitrogen and oxygen atoms in total. The van der Waals surface area contributed by atoms with E-state index in [-0.39, 0.29) is 5.97 Å². The van der Waals surface area contributed by atoms with Crippen LogP contribution >= 0.6 is 0 Å². The second kappa shape index (κ2) is 6.32. The number of carbonyl (C=O) groups is 1. The zero-order chi connectivity index (χ0) is 16.2. The third-order valence-electron chi connectivity index (χ3n) is 4.32. The number of rotatable bonds is 5. The highest BCUT2D eigenvalue weighted by Gasteiger charge is 2.50. The first kappa shape index (κ1) is 16.2. The molecule has 0 amide bonds. The van der Waals surface area contributed by atoms with Crippen LogP contribution in [-0.4, -0.2) is 13.1 Å². The van der Waals surface area contributed by atoms with Gasteiger partial charge in [0.1, 0.15) is 5.60 Å². The lowest BCUT2D eigenvalue weighted by molar-refractivity contribution is -0.201. The van der Waals surface area contributed by atoms with Gasteiger partial charge in [-0.25, -0.2) is 0 Å². The Kier molecular flexibility index (Phi) is 4.67. The van der Waals surface area contributed by atoms with Crippen molar-refractivity contribution in [3.63, 3.8) is 0 Å². The lowest BCUT2D eigenvalue weighted by atomic mass is 9.75. The van der Waals surface area contributed by atoms with Crippen LogP contribution in [0.3, 0.4) is 0 Å². The van der Waals surface area contributed by atoms with Gasteiger partial charge in [-0.3, -0.25) is 4.79 Å². The minimum atomic E-state index is -0.948. The number of benzene rings is 2. The van der Waals surface area contributed by atoms with Crippen LogP contribution in [-0.2, 0) is 25.5 Å². The maximum absolute atomic E-state index is 11.7. The number of hydrogen-bond donors (Lipinski definition) is 0. The van der Waals surface area contributed by atoms with Crippen molar-refractivity contribution >= 4 is 5.97 Å². The number of ether oxygens (including phenoxy) is 2. The van der Waals surface area contributed by atoms with E-state index in [1.165, 1.54) is 6.92 Å². The number of hydrogen-bond acceptors (Lipinski definition) is 3. The predicted octanol–water partition coefficient (Wildman–Crippen LogP) is 4.03. The second-order valence-electron chi connectivity index (χ2n) is 5.60. The maximum atomic E-state index is 11.7. The number of methoxy groups -OCH3 is 1. The summed E-state index contributed by atoms with van der Waals surface area (Å²) in [4.78, 5) is 11.7. The van der Waals surface area contributed by atoms with E-state index in [1.54, 1.807) is 7.11 Å². The molecule has 2 atom stereocenters. The summed E-state index contributed by atoms with van der Waals surface area (Å²) in [6.07, 6.45) is 0. The molecule has 22 heavy (non-hydrogen) atoms. The first-order chi connectivity index (χ1) is 10.4. The molecule has 116 valence electrons. The molecule has 0 aliphatic heterocycles. The second-order valence-corrected chi connectivity index (χ2v) is 5.60. The van der Waals surface area contributed by atoms with Gasteiger partial charge in [0.25, 0.3) is 0 Å². The molecule has 0 heterocycles. The summed E-state index contributed by atoms with van der Waals surface area (Å²) in [5.41, 5.74) is 0.0702. The topological polar surface area (TPSA) is 35.5 Å². The molecule has 3 heteroatoms. The molecule has 0 saturated heterocycles. The zero-order valence-corrected chi connectivity index (χ0v) is 13.5. The quantitative estimate of drug-likeness (QED) is 0.782.